The van der Waals surface area contributed by atoms with E-state index in [4.69, 9.17) is 0 Å². The average molecular weight is 292 g/mol. The molecule has 1 rings (SSSR count). The number of benzene rings is 1. The van der Waals surface area contributed by atoms with E-state index in [1.54, 1.807) is 6.07 Å². The van der Waals surface area contributed by atoms with Crippen LogP contribution in [-0.4, -0.2) is 24.0 Å². The molecule has 1 N–H and O–H groups in total. The molecule has 1 aromatic carbocycles. The van der Waals surface area contributed by atoms with Crippen molar-refractivity contribution in [2.75, 3.05) is 13.6 Å². The summed E-state index contributed by atoms with van der Waals surface area (Å²) >= 11 is 0. The van der Waals surface area contributed by atoms with E-state index in [2.05, 4.69) is 37.6 Å². The third-order valence-electron chi connectivity index (χ3n) is 3.32. The number of rotatable bonds is 8. The van der Waals surface area contributed by atoms with Gasteiger partial charge in [-0.1, -0.05) is 18.2 Å². The average Bonchev–Trinajstić information content (AvgIpc) is 2.39. The maximum Gasteiger partial charge on any atom is 0.127 e. The molecule has 0 bridgehead atoms. The highest BCUT2D eigenvalue weighted by Crippen LogP contribution is 2.14. The molecule has 0 aliphatic heterocycles. The van der Waals surface area contributed by atoms with Gasteiger partial charge in [0.25, 0.3) is 0 Å². The van der Waals surface area contributed by atoms with Crippen LogP contribution in [0, 0.1) is 5.82 Å². The van der Waals surface area contributed by atoms with Gasteiger partial charge < -0.3 is 10.2 Å². The summed E-state index contributed by atoms with van der Waals surface area (Å²) in [5.41, 5.74) is 1.96. The van der Waals surface area contributed by atoms with Crippen molar-refractivity contribution in [1.82, 2.24) is 10.2 Å². The van der Waals surface area contributed by atoms with Crippen LogP contribution in [0.5, 0.6) is 0 Å². The number of nitrogens with one attached hydrogen (secondary N) is 1. The quantitative estimate of drug-likeness (QED) is 0.573. The number of halogens is 1. The second kappa shape index (κ2) is 8.30. The predicted octanol–water partition coefficient (Wildman–Crippen LogP) is 4.11. The van der Waals surface area contributed by atoms with Gasteiger partial charge in [-0.2, -0.15) is 0 Å². The minimum absolute atomic E-state index is 0.0655. The molecule has 0 amide bonds. The van der Waals surface area contributed by atoms with Gasteiger partial charge in [-0.25, -0.2) is 4.39 Å². The van der Waals surface area contributed by atoms with Crippen LogP contribution in [0.2, 0.25) is 0 Å². The van der Waals surface area contributed by atoms with Crippen molar-refractivity contribution in [3.05, 3.63) is 47.8 Å². The molecule has 0 aliphatic carbocycles. The summed E-state index contributed by atoms with van der Waals surface area (Å²) in [5.74, 6) is -0.120. The normalized spacial score (nSPS) is 11.9. The second-order valence-electron chi connectivity index (χ2n) is 6.70. The molecule has 118 valence electrons. The van der Waals surface area contributed by atoms with Gasteiger partial charge in [-0.15, -0.1) is 6.58 Å². The number of unbranched alkanes of at least 4 members (excludes halogenated alkanes) is 1. The zero-order chi connectivity index (χ0) is 15.9. The van der Waals surface area contributed by atoms with Crippen LogP contribution < -0.4 is 5.32 Å². The first-order valence-electron chi connectivity index (χ1n) is 7.63. The highest BCUT2D eigenvalue weighted by molar-refractivity contribution is 5.25. The Morgan fingerprint density at radius 3 is 2.67 bits per heavy atom. The summed E-state index contributed by atoms with van der Waals surface area (Å²) in [4.78, 5) is 2.16. The SMILES string of the molecule is C=CCCCN(C)Cc1cc(CNC(C)(C)C)ccc1F. The lowest BCUT2D eigenvalue weighted by Crippen LogP contribution is -2.35. The van der Waals surface area contributed by atoms with E-state index in [0.717, 1.165) is 37.1 Å². The van der Waals surface area contributed by atoms with E-state index in [1.807, 2.05) is 25.3 Å². The standard InChI is InChI=1S/C18H29FN2/c1-6-7-8-11-21(5)14-16-12-15(9-10-17(16)19)13-20-18(2,3)4/h6,9-10,12,20H,1,7-8,11,13-14H2,2-5H3. The van der Waals surface area contributed by atoms with Crippen LogP contribution in [0.15, 0.2) is 30.9 Å². The van der Waals surface area contributed by atoms with Crippen LogP contribution in [0.4, 0.5) is 4.39 Å². The van der Waals surface area contributed by atoms with E-state index in [-0.39, 0.29) is 11.4 Å². The maximum absolute atomic E-state index is 13.9. The molecule has 0 radical (unpaired) electrons. The highest BCUT2D eigenvalue weighted by atomic mass is 19.1. The number of nitrogens with zero attached hydrogens (tertiary/aromatic N) is 1. The van der Waals surface area contributed by atoms with Crippen molar-refractivity contribution < 1.29 is 4.39 Å². The lowest BCUT2D eigenvalue weighted by Gasteiger charge is -2.21. The Bertz CT molecular complexity index is 449. The summed E-state index contributed by atoms with van der Waals surface area (Å²) in [7, 11) is 2.03. The molecule has 0 spiro atoms. The van der Waals surface area contributed by atoms with Crippen molar-refractivity contribution in [1.29, 1.82) is 0 Å². The van der Waals surface area contributed by atoms with Crippen molar-refractivity contribution >= 4 is 0 Å². The highest BCUT2D eigenvalue weighted by Gasteiger charge is 2.10. The van der Waals surface area contributed by atoms with Crippen molar-refractivity contribution in [2.24, 2.45) is 0 Å². The molecule has 1 aromatic rings. The first-order chi connectivity index (χ1) is 9.81. The van der Waals surface area contributed by atoms with Crippen molar-refractivity contribution in [3.8, 4) is 0 Å². The molecule has 0 aromatic heterocycles. The largest absolute Gasteiger partial charge is 0.308 e. The fourth-order valence-corrected chi connectivity index (χ4v) is 2.10. The van der Waals surface area contributed by atoms with Crippen LogP contribution >= 0.6 is 0 Å². The molecule has 0 saturated carbocycles. The molecule has 0 heterocycles. The summed E-state index contributed by atoms with van der Waals surface area (Å²) in [6.45, 7) is 12.5. The monoisotopic (exact) mass is 292 g/mol. The molecule has 0 aliphatic rings. The van der Waals surface area contributed by atoms with Gasteiger partial charge in [0.15, 0.2) is 0 Å². The summed E-state index contributed by atoms with van der Waals surface area (Å²) < 4.78 is 13.9. The number of allylic oxidation sites excluding steroid dienone is 1. The van der Waals surface area contributed by atoms with Gasteiger partial charge >= 0.3 is 0 Å². The minimum atomic E-state index is -0.120. The van der Waals surface area contributed by atoms with E-state index in [9.17, 15) is 4.39 Å². The Hall–Kier alpha value is -1.19. The van der Waals surface area contributed by atoms with Crippen LogP contribution in [0.25, 0.3) is 0 Å². The van der Waals surface area contributed by atoms with Gasteiger partial charge in [-0.3, -0.25) is 0 Å². The van der Waals surface area contributed by atoms with E-state index >= 15 is 0 Å². The zero-order valence-electron chi connectivity index (χ0n) is 13.9. The predicted molar refractivity (Wildman–Crippen MR) is 88.8 cm³/mol. The number of hydrogen-bond donors (Lipinski definition) is 1. The van der Waals surface area contributed by atoms with E-state index in [1.165, 1.54) is 0 Å². The van der Waals surface area contributed by atoms with Gasteiger partial charge in [-0.05, 0) is 58.8 Å². The van der Waals surface area contributed by atoms with E-state index < -0.39 is 0 Å². The molecular weight excluding hydrogens is 263 g/mol. The fourth-order valence-electron chi connectivity index (χ4n) is 2.10. The Morgan fingerprint density at radius 2 is 2.05 bits per heavy atom. The molecule has 3 heteroatoms. The Morgan fingerprint density at radius 1 is 1.33 bits per heavy atom. The fraction of sp³-hybridized carbons (Fsp3) is 0.556. The van der Waals surface area contributed by atoms with Crippen LogP contribution in [0.3, 0.4) is 0 Å². The van der Waals surface area contributed by atoms with Gasteiger partial charge in [0.05, 0.1) is 0 Å². The molecule has 2 nitrogen and oxygen atoms in total. The second-order valence-corrected chi connectivity index (χ2v) is 6.70. The first-order valence-corrected chi connectivity index (χ1v) is 7.63. The Balaban J connectivity index is 2.62. The van der Waals surface area contributed by atoms with Crippen molar-refractivity contribution in [2.45, 2.75) is 52.2 Å². The maximum atomic E-state index is 13.9. The summed E-state index contributed by atoms with van der Waals surface area (Å²) in [6, 6.07) is 5.40. The van der Waals surface area contributed by atoms with Crippen molar-refractivity contribution in [3.63, 3.8) is 0 Å². The lowest BCUT2D eigenvalue weighted by molar-refractivity contribution is 0.317. The number of hydrogen-bond acceptors (Lipinski definition) is 2. The summed E-state index contributed by atoms with van der Waals surface area (Å²) in [5, 5.41) is 3.43. The zero-order valence-corrected chi connectivity index (χ0v) is 13.9. The molecule has 0 unspecified atom stereocenters. The van der Waals surface area contributed by atoms with Crippen LogP contribution in [-0.2, 0) is 13.1 Å². The molecular formula is C18H29FN2. The molecule has 0 fully saturated rings. The molecule has 21 heavy (non-hydrogen) atoms. The first kappa shape index (κ1) is 17.9. The molecule has 0 saturated heterocycles. The smallest absolute Gasteiger partial charge is 0.127 e. The van der Waals surface area contributed by atoms with Crippen LogP contribution in [0.1, 0.15) is 44.7 Å². The topological polar surface area (TPSA) is 15.3 Å². The summed E-state index contributed by atoms with van der Waals surface area (Å²) in [6.07, 6.45) is 3.99. The van der Waals surface area contributed by atoms with Gasteiger partial charge in [0.1, 0.15) is 5.82 Å². The van der Waals surface area contributed by atoms with Gasteiger partial charge in [0, 0.05) is 24.2 Å². The Kier molecular flexibility index (Phi) is 7.06. The third-order valence-corrected chi connectivity index (χ3v) is 3.32. The minimum Gasteiger partial charge on any atom is -0.308 e. The molecule has 0 atom stereocenters. The van der Waals surface area contributed by atoms with E-state index in [0.29, 0.717) is 6.54 Å². The lowest BCUT2D eigenvalue weighted by atomic mass is 10.1. The van der Waals surface area contributed by atoms with Gasteiger partial charge in [0.2, 0.25) is 0 Å². The third kappa shape index (κ3) is 7.39. The Labute approximate surface area is 129 Å².